The van der Waals surface area contributed by atoms with Gasteiger partial charge in [-0.15, -0.1) is 0 Å². The van der Waals surface area contributed by atoms with E-state index in [9.17, 15) is 9.59 Å². The van der Waals surface area contributed by atoms with Crippen LogP contribution in [0.3, 0.4) is 0 Å². The number of imide groups is 1. The minimum atomic E-state index is -0.375. The third-order valence-corrected chi connectivity index (χ3v) is 7.33. The first-order chi connectivity index (χ1) is 16.7. The molecule has 0 aliphatic carbocycles. The lowest BCUT2D eigenvalue weighted by Crippen LogP contribution is -2.35. The second-order valence-corrected chi connectivity index (χ2v) is 9.31. The highest BCUT2D eigenvalue weighted by Gasteiger charge is 2.40. The van der Waals surface area contributed by atoms with E-state index in [1.165, 1.54) is 26.9 Å². The lowest BCUT2D eigenvalue weighted by atomic mass is 9.97. The topological polar surface area (TPSA) is 72.2 Å². The molecule has 1 atom stereocenters. The number of carbonyl (C=O) groups excluding carboxylic acids is 2. The minimum absolute atomic E-state index is 0.0551. The Hall–Kier alpha value is -3.64. The van der Waals surface area contributed by atoms with Crippen molar-refractivity contribution in [3.63, 3.8) is 0 Å². The van der Waals surface area contributed by atoms with Crippen molar-refractivity contribution in [2.24, 2.45) is 0 Å². The van der Waals surface area contributed by atoms with Gasteiger partial charge in [0.05, 0.1) is 5.92 Å². The normalized spacial score (nSPS) is 19.5. The Bertz CT molecular complexity index is 1410. The van der Waals surface area contributed by atoms with E-state index in [2.05, 4.69) is 51.4 Å². The van der Waals surface area contributed by atoms with Gasteiger partial charge in [0.1, 0.15) is 0 Å². The Morgan fingerprint density at radius 2 is 1.62 bits per heavy atom. The van der Waals surface area contributed by atoms with Crippen LogP contribution in [-0.4, -0.2) is 57.8 Å². The lowest BCUT2D eigenvalue weighted by molar-refractivity contribution is -0.138. The van der Waals surface area contributed by atoms with Crippen molar-refractivity contribution in [3.8, 4) is 0 Å². The molecule has 6 rings (SSSR count). The predicted octanol–water partition coefficient (Wildman–Crippen LogP) is 4.67. The molecule has 0 spiro atoms. The third-order valence-electron chi connectivity index (χ3n) is 7.33. The molecule has 172 valence electrons. The Morgan fingerprint density at radius 3 is 2.41 bits per heavy atom. The Kier molecular flexibility index (Phi) is 5.30. The molecule has 2 aliphatic heterocycles. The van der Waals surface area contributed by atoms with Crippen molar-refractivity contribution in [2.75, 3.05) is 26.2 Å². The van der Waals surface area contributed by atoms with Gasteiger partial charge in [0.25, 0.3) is 0 Å². The molecule has 0 saturated carbocycles. The zero-order valence-electron chi connectivity index (χ0n) is 19.1. The van der Waals surface area contributed by atoms with Gasteiger partial charge in [-0.05, 0) is 36.1 Å². The van der Waals surface area contributed by atoms with Crippen LogP contribution in [0.15, 0.2) is 67.0 Å². The van der Waals surface area contributed by atoms with Crippen LogP contribution in [0.2, 0.25) is 0 Å². The molecular weight excluding hydrogens is 424 g/mol. The second-order valence-electron chi connectivity index (χ2n) is 9.31. The van der Waals surface area contributed by atoms with E-state index in [4.69, 9.17) is 0 Å². The van der Waals surface area contributed by atoms with Gasteiger partial charge in [-0.2, -0.15) is 0 Å². The Balaban J connectivity index is 1.06. The highest BCUT2D eigenvalue weighted by atomic mass is 16.2. The van der Waals surface area contributed by atoms with E-state index >= 15 is 0 Å². The number of carbonyl (C=O) groups is 2. The van der Waals surface area contributed by atoms with Gasteiger partial charge in [0, 0.05) is 72.4 Å². The number of hydrogen-bond acceptors (Lipinski definition) is 3. The number of rotatable bonds is 6. The number of fused-ring (bicyclic) bond motifs is 2. The number of aromatic amines is 2. The highest BCUT2D eigenvalue weighted by molar-refractivity contribution is 6.08. The van der Waals surface area contributed by atoms with E-state index in [-0.39, 0.29) is 24.2 Å². The van der Waals surface area contributed by atoms with Gasteiger partial charge in [0.2, 0.25) is 11.8 Å². The van der Waals surface area contributed by atoms with Crippen LogP contribution in [0, 0.1) is 0 Å². The molecule has 6 heteroatoms. The van der Waals surface area contributed by atoms with Gasteiger partial charge < -0.3 is 9.97 Å². The summed E-state index contributed by atoms with van der Waals surface area (Å²) in [6.07, 6.45) is 8.39. The van der Waals surface area contributed by atoms with Crippen LogP contribution in [0.5, 0.6) is 0 Å². The summed E-state index contributed by atoms with van der Waals surface area (Å²) in [5.74, 6) is -0.490. The maximum Gasteiger partial charge on any atom is 0.237 e. The quantitative estimate of drug-likeness (QED) is 0.418. The molecule has 0 bridgehead atoms. The fraction of sp³-hybridized carbons (Fsp3) is 0.286. The summed E-state index contributed by atoms with van der Waals surface area (Å²) in [7, 11) is 0. The number of H-pyrrole nitrogens is 2. The first-order valence-corrected chi connectivity index (χ1v) is 12.1. The average Bonchev–Trinajstić information content (AvgIpc) is 3.56. The van der Waals surface area contributed by atoms with Gasteiger partial charge in [-0.1, -0.05) is 42.5 Å². The summed E-state index contributed by atoms with van der Waals surface area (Å²) >= 11 is 0. The number of aromatic nitrogens is 2. The van der Waals surface area contributed by atoms with Crippen LogP contribution in [0.1, 0.15) is 36.3 Å². The number of benzene rings is 2. The minimum Gasteiger partial charge on any atom is -0.361 e. The molecule has 1 saturated heterocycles. The molecule has 2 aromatic heterocycles. The molecule has 6 nitrogen and oxygen atoms in total. The first-order valence-electron chi connectivity index (χ1n) is 12.1. The Labute approximate surface area is 198 Å². The van der Waals surface area contributed by atoms with Gasteiger partial charge in [0.15, 0.2) is 0 Å². The molecule has 1 unspecified atom stereocenters. The number of amides is 2. The fourth-order valence-corrected chi connectivity index (χ4v) is 5.49. The molecular formula is C28H28N4O2. The van der Waals surface area contributed by atoms with E-state index in [0.717, 1.165) is 48.9 Å². The van der Waals surface area contributed by atoms with Crippen molar-refractivity contribution in [3.05, 3.63) is 78.1 Å². The molecule has 34 heavy (non-hydrogen) atoms. The predicted molar refractivity (Wildman–Crippen MR) is 134 cm³/mol. The third kappa shape index (κ3) is 3.64. The first kappa shape index (κ1) is 20.9. The summed E-state index contributed by atoms with van der Waals surface area (Å²) in [6.45, 7) is 3.26. The van der Waals surface area contributed by atoms with Crippen molar-refractivity contribution in [1.82, 2.24) is 19.8 Å². The van der Waals surface area contributed by atoms with Crippen LogP contribution in [0.25, 0.3) is 27.4 Å². The largest absolute Gasteiger partial charge is 0.361 e. The second kappa shape index (κ2) is 8.61. The summed E-state index contributed by atoms with van der Waals surface area (Å²) in [4.78, 5) is 36.2. The molecule has 4 aromatic rings. The zero-order chi connectivity index (χ0) is 23.1. The summed E-state index contributed by atoms with van der Waals surface area (Å²) in [5.41, 5.74) is 5.79. The van der Waals surface area contributed by atoms with Crippen molar-refractivity contribution < 1.29 is 9.59 Å². The standard InChI is InChI=1S/C28H28N4O2/c33-27-16-22(24-18-30-26-9-4-2-7-21(24)26)28(34)32(27)13-5-12-31-14-10-19(11-15-31)23-17-29-25-8-3-1-6-20(23)25/h1-4,6-10,17-18,22,29-30H,5,11-16H2. The summed E-state index contributed by atoms with van der Waals surface area (Å²) in [6, 6.07) is 16.4. The number of para-hydroxylation sites is 2. The molecule has 2 amide bonds. The van der Waals surface area contributed by atoms with Gasteiger partial charge in [-0.25, -0.2) is 0 Å². The Morgan fingerprint density at radius 1 is 0.882 bits per heavy atom. The van der Waals surface area contributed by atoms with Crippen LogP contribution < -0.4 is 0 Å². The van der Waals surface area contributed by atoms with Crippen molar-refractivity contribution in [1.29, 1.82) is 0 Å². The number of nitrogens with zero attached hydrogens (tertiary/aromatic N) is 2. The van der Waals surface area contributed by atoms with Crippen molar-refractivity contribution >= 4 is 39.2 Å². The van der Waals surface area contributed by atoms with E-state index in [1.54, 1.807) is 0 Å². The average molecular weight is 453 g/mol. The van der Waals surface area contributed by atoms with Crippen molar-refractivity contribution in [2.45, 2.75) is 25.2 Å². The smallest absolute Gasteiger partial charge is 0.237 e. The lowest BCUT2D eigenvalue weighted by Gasteiger charge is -2.27. The number of hydrogen-bond donors (Lipinski definition) is 2. The van der Waals surface area contributed by atoms with Crippen LogP contribution >= 0.6 is 0 Å². The zero-order valence-corrected chi connectivity index (χ0v) is 19.1. The fourth-order valence-electron chi connectivity index (χ4n) is 5.49. The van der Waals surface area contributed by atoms with E-state index in [1.807, 2.05) is 30.5 Å². The molecule has 1 fully saturated rings. The summed E-state index contributed by atoms with van der Waals surface area (Å²) in [5, 5.41) is 2.31. The van der Waals surface area contributed by atoms with E-state index in [0.29, 0.717) is 6.54 Å². The monoisotopic (exact) mass is 452 g/mol. The van der Waals surface area contributed by atoms with Gasteiger partial charge >= 0.3 is 0 Å². The van der Waals surface area contributed by atoms with Crippen LogP contribution in [-0.2, 0) is 9.59 Å². The number of likely N-dealkylation sites (tertiary alicyclic amines) is 1. The molecule has 2 aromatic carbocycles. The summed E-state index contributed by atoms with van der Waals surface area (Å²) < 4.78 is 0. The van der Waals surface area contributed by atoms with Crippen LogP contribution in [0.4, 0.5) is 0 Å². The highest BCUT2D eigenvalue weighted by Crippen LogP contribution is 2.34. The molecule has 2 N–H and O–H groups in total. The molecule has 4 heterocycles. The maximum atomic E-state index is 13.1. The molecule has 0 radical (unpaired) electrons. The van der Waals surface area contributed by atoms with E-state index < -0.39 is 0 Å². The maximum absolute atomic E-state index is 13.1. The number of nitrogens with one attached hydrogen (secondary N) is 2. The molecule has 2 aliphatic rings. The van der Waals surface area contributed by atoms with Gasteiger partial charge in [-0.3, -0.25) is 19.4 Å². The SMILES string of the molecule is O=C1CC(c2c[nH]c3ccccc23)C(=O)N1CCCN1CC=C(c2c[nH]c3ccccc23)CC1.